The largest absolute Gasteiger partial charge is 0.465 e. The highest BCUT2D eigenvalue weighted by molar-refractivity contribution is 5.89. The highest BCUT2D eigenvalue weighted by atomic mass is 16.5. The summed E-state index contributed by atoms with van der Waals surface area (Å²) in [5.41, 5.74) is 6.64. The van der Waals surface area contributed by atoms with E-state index in [9.17, 15) is 9.59 Å². The second kappa shape index (κ2) is 5.30. The van der Waals surface area contributed by atoms with Gasteiger partial charge in [0, 0.05) is 5.92 Å². The van der Waals surface area contributed by atoms with Gasteiger partial charge in [0.25, 0.3) is 0 Å². The Labute approximate surface area is 94.4 Å². The lowest BCUT2D eigenvalue weighted by Crippen LogP contribution is -2.22. The van der Waals surface area contributed by atoms with Crippen molar-refractivity contribution in [1.82, 2.24) is 0 Å². The number of nitrogens with two attached hydrogens (primary N) is 1. The SMILES string of the molecule is COC(=O)c1ccc(CC(C)C(N)=O)cc1. The number of esters is 1. The highest BCUT2D eigenvalue weighted by Gasteiger charge is 2.10. The molecule has 0 saturated heterocycles. The lowest BCUT2D eigenvalue weighted by atomic mass is 10.00. The number of carbonyl (C=O) groups excluding carboxylic acids is 2. The van der Waals surface area contributed by atoms with Crippen LogP contribution in [-0.2, 0) is 16.0 Å². The van der Waals surface area contributed by atoms with Crippen molar-refractivity contribution in [2.24, 2.45) is 11.7 Å². The van der Waals surface area contributed by atoms with Gasteiger partial charge >= 0.3 is 5.97 Å². The van der Waals surface area contributed by atoms with Crippen LogP contribution in [0.1, 0.15) is 22.8 Å². The number of benzene rings is 1. The molecular weight excluding hydrogens is 206 g/mol. The smallest absolute Gasteiger partial charge is 0.337 e. The third-order valence-electron chi connectivity index (χ3n) is 2.40. The predicted octanol–water partition coefficient (Wildman–Crippen LogP) is 1.14. The Morgan fingerprint density at radius 3 is 2.31 bits per heavy atom. The maximum atomic E-state index is 11.2. The Morgan fingerprint density at radius 1 is 1.31 bits per heavy atom. The third kappa shape index (κ3) is 3.08. The van der Waals surface area contributed by atoms with Crippen LogP contribution in [0.4, 0.5) is 0 Å². The van der Waals surface area contributed by atoms with E-state index in [-0.39, 0.29) is 17.8 Å². The number of amides is 1. The van der Waals surface area contributed by atoms with Crippen molar-refractivity contribution >= 4 is 11.9 Å². The van der Waals surface area contributed by atoms with Crippen LogP contribution in [-0.4, -0.2) is 19.0 Å². The molecule has 0 saturated carbocycles. The van der Waals surface area contributed by atoms with Crippen molar-refractivity contribution in [2.45, 2.75) is 13.3 Å². The second-order valence-electron chi connectivity index (χ2n) is 3.70. The fourth-order valence-electron chi connectivity index (χ4n) is 1.35. The van der Waals surface area contributed by atoms with Gasteiger partial charge in [-0.2, -0.15) is 0 Å². The van der Waals surface area contributed by atoms with E-state index in [1.807, 2.05) is 0 Å². The van der Waals surface area contributed by atoms with Crippen molar-refractivity contribution in [3.63, 3.8) is 0 Å². The number of hydrogen-bond donors (Lipinski definition) is 1. The van der Waals surface area contributed by atoms with Crippen LogP contribution >= 0.6 is 0 Å². The first-order chi connectivity index (χ1) is 7.54. The Kier molecular flexibility index (Phi) is 4.05. The number of ether oxygens (including phenoxy) is 1. The zero-order chi connectivity index (χ0) is 12.1. The maximum Gasteiger partial charge on any atom is 0.337 e. The van der Waals surface area contributed by atoms with Crippen molar-refractivity contribution in [3.05, 3.63) is 35.4 Å². The van der Waals surface area contributed by atoms with E-state index in [1.165, 1.54) is 7.11 Å². The molecule has 0 aliphatic rings. The quantitative estimate of drug-likeness (QED) is 0.775. The molecule has 2 N–H and O–H groups in total. The van der Waals surface area contributed by atoms with Gasteiger partial charge in [-0.15, -0.1) is 0 Å². The van der Waals surface area contributed by atoms with Gasteiger partial charge in [0.05, 0.1) is 12.7 Å². The molecule has 1 unspecified atom stereocenters. The Morgan fingerprint density at radius 2 is 1.88 bits per heavy atom. The molecule has 16 heavy (non-hydrogen) atoms. The zero-order valence-corrected chi connectivity index (χ0v) is 9.40. The minimum atomic E-state index is -0.366. The summed E-state index contributed by atoms with van der Waals surface area (Å²) in [7, 11) is 1.34. The molecule has 1 aromatic rings. The van der Waals surface area contributed by atoms with Gasteiger partial charge in [-0.1, -0.05) is 19.1 Å². The van der Waals surface area contributed by atoms with Crippen LogP contribution in [0.3, 0.4) is 0 Å². The van der Waals surface area contributed by atoms with E-state index >= 15 is 0 Å². The summed E-state index contributed by atoms with van der Waals surface area (Å²) >= 11 is 0. The molecule has 0 radical (unpaired) electrons. The average molecular weight is 221 g/mol. The van der Waals surface area contributed by atoms with Gasteiger partial charge in [-0.25, -0.2) is 4.79 Å². The summed E-state index contributed by atoms with van der Waals surface area (Å²) in [5.74, 6) is -0.893. The molecule has 0 aromatic heterocycles. The van der Waals surface area contributed by atoms with E-state index in [0.29, 0.717) is 12.0 Å². The molecule has 0 bridgehead atoms. The number of rotatable bonds is 4. The first-order valence-electron chi connectivity index (χ1n) is 5.01. The van der Waals surface area contributed by atoms with Crippen molar-refractivity contribution < 1.29 is 14.3 Å². The van der Waals surface area contributed by atoms with Gasteiger partial charge in [0.1, 0.15) is 0 Å². The number of hydrogen-bond acceptors (Lipinski definition) is 3. The summed E-state index contributed by atoms with van der Waals surface area (Å²) in [6.07, 6.45) is 0.580. The Balaban J connectivity index is 2.72. The van der Waals surface area contributed by atoms with E-state index in [4.69, 9.17) is 5.73 Å². The van der Waals surface area contributed by atoms with Gasteiger partial charge < -0.3 is 10.5 Å². The van der Waals surface area contributed by atoms with E-state index in [0.717, 1.165) is 5.56 Å². The van der Waals surface area contributed by atoms with Crippen LogP contribution in [0, 0.1) is 5.92 Å². The molecule has 0 aliphatic heterocycles. The van der Waals surface area contributed by atoms with Crippen LogP contribution in [0.15, 0.2) is 24.3 Å². The first kappa shape index (κ1) is 12.2. The molecule has 86 valence electrons. The standard InChI is InChI=1S/C12H15NO3/c1-8(11(13)14)7-9-3-5-10(6-4-9)12(15)16-2/h3-6,8H,7H2,1-2H3,(H2,13,14). The number of methoxy groups -OCH3 is 1. The predicted molar refractivity (Wildman–Crippen MR) is 59.8 cm³/mol. The van der Waals surface area contributed by atoms with E-state index in [2.05, 4.69) is 4.74 Å². The molecule has 0 heterocycles. The van der Waals surface area contributed by atoms with Gasteiger partial charge in [-0.3, -0.25) is 4.79 Å². The van der Waals surface area contributed by atoms with Gasteiger partial charge in [0.15, 0.2) is 0 Å². The van der Waals surface area contributed by atoms with Crippen molar-refractivity contribution in [2.75, 3.05) is 7.11 Å². The van der Waals surface area contributed by atoms with Gasteiger partial charge in [-0.05, 0) is 24.1 Å². The molecule has 4 heteroatoms. The van der Waals surface area contributed by atoms with E-state index < -0.39 is 0 Å². The van der Waals surface area contributed by atoms with Crippen LogP contribution < -0.4 is 5.73 Å². The Bertz CT molecular complexity index is 384. The summed E-state index contributed by atoms with van der Waals surface area (Å²) < 4.78 is 4.58. The lowest BCUT2D eigenvalue weighted by molar-refractivity contribution is -0.121. The summed E-state index contributed by atoms with van der Waals surface area (Å²) in [4.78, 5) is 22.0. The topological polar surface area (TPSA) is 69.4 Å². The molecular formula is C12H15NO3. The molecule has 0 aliphatic carbocycles. The summed E-state index contributed by atoms with van der Waals surface area (Å²) in [6, 6.07) is 6.95. The van der Waals surface area contributed by atoms with Crippen molar-refractivity contribution in [3.8, 4) is 0 Å². The molecule has 1 atom stereocenters. The number of primary amides is 1. The normalized spacial score (nSPS) is 11.9. The van der Waals surface area contributed by atoms with Crippen LogP contribution in [0.5, 0.6) is 0 Å². The summed E-state index contributed by atoms with van der Waals surface area (Å²) in [6.45, 7) is 1.77. The fraction of sp³-hybridized carbons (Fsp3) is 0.333. The molecule has 0 spiro atoms. The molecule has 4 nitrogen and oxygen atoms in total. The highest BCUT2D eigenvalue weighted by Crippen LogP contribution is 2.10. The lowest BCUT2D eigenvalue weighted by Gasteiger charge is -2.07. The third-order valence-corrected chi connectivity index (χ3v) is 2.40. The molecule has 1 aromatic carbocycles. The summed E-state index contributed by atoms with van der Waals surface area (Å²) in [5, 5.41) is 0. The second-order valence-corrected chi connectivity index (χ2v) is 3.70. The minimum Gasteiger partial charge on any atom is -0.465 e. The number of carbonyl (C=O) groups is 2. The molecule has 1 rings (SSSR count). The maximum absolute atomic E-state index is 11.2. The first-order valence-corrected chi connectivity index (χ1v) is 5.01. The zero-order valence-electron chi connectivity index (χ0n) is 9.40. The van der Waals surface area contributed by atoms with E-state index in [1.54, 1.807) is 31.2 Å². The average Bonchev–Trinajstić information content (AvgIpc) is 2.28. The Hall–Kier alpha value is -1.84. The fourth-order valence-corrected chi connectivity index (χ4v) is 1.35. The minimum absolute atomic E-state index is 0.205. The van der Waals surface area contributed by atoms with Crippen molar-refractivity contribution in [1.29, 1.82) is 0 Å². The molecule has 0 fully saturated rings. The van der Waals surface area contributed by atoms with Crippen LogP contribution in [0.2, 0.25) is 0 Å². The molecule has 1 amide bonds. The van der Waals surface area contributed by atoms with Crippen LogP contribution in [0.25, 0.3) is 0 Å². The monoisotopic (exact) mass is 221 g/mol. The van der Waals surface area contributed by atoms with Gasteiger partial charge in [0.2, 0.25) is 5.91 Å².